The number of carbonyl (C=O) groups excluding carboxylic acids is 1. The maximum Gasteiger partial charge on any atom is 0.251 e. The third-order valence-electron chi connectivity index (χ3n) is 4.56. The molecule has 2 aliphatic rings. The van der Waals surface area contributed by atoms with E-state index < -0.39 is 10.0 Å². The van der Waals surface area contributed by atoms with Crippen molar-refractivity contribution in [2.45, 2.75) is 31.0 Å². The van der Waals surface area contributed by atoms with E-state index in [1.54, 1.807) is 12.1 Å². The largest absolute Gasteiger partial charge is 0.373 e. The third kappa shape index (κ3) is 4.20. The normalized spacial score (nSPS) is 25.4. The number of nitrogens with zero attached hydrogens (tertiary/aromatic N) is 1. The third-order valence-corrected chi connectivity index (χ3v) is 6.40. The van der Waals surface area contributed by atoms with Gasteiger partial charge in [0.25, 0.3) is 5.91 Å². The summed E-state index contributed by atoms with van der Waals surface area (Å²) in [5.74, 6) is 0.304. The first-order valence-electron chi connectivity index (χ1n) is 8.61. The standard InChI is InChI=1S/C17H25N3O4S/c1-12-10-20(11-13(2)24-12)25(22,23)16-5-3-15(4-6-16)17(21)19-9-14-7-18-8-14/h3-6,12-14,18H,7-11H2,1-2H3,(H,19,21). The van der Waals surface area contributed by atoms with Gasteiger partial charge >= 0.3 is 0 Å². The number of ether oxygens (including phenoxy) is 1. The minimum atomic E-state index is -3.58. The number of benzene rings is 1. The van der Waals surface area contributed by atoms with Crippen molar-refractivity contribution in [3.8, 4) is 0 Å². The van der Waals surface area contributed by atoms with Crippen LogP contribution in [0.4, 0.5) is 0 Å². The fraction of sp³-hybridized carbons (Fsp3) is 0.588. The molecule has 0 spiro atoms. The van der Waals surface area contributed by atoms with Crippen molar-refractivity contribution < 1.29 is 17.9 Å². The average molecular weight is 367 g/mol. The van der Waals surface area contributed by atoms with Crippen LogP contribution in [0.1, 0.15) is 24.2 Å². The molecule has 1 amide bonds. The van der Waals surface area contributed by atoms with Gasteiger partial charge in [0.15, 0.2) is 0 Å². The lowest BCUT2D eigenvalue weighted by molar-refractivity contribution is -0.0440. The Labute approximate surface area is 148 Å². The van der Waals surface area contributed by atoms with Crippen LogP contribution < -0.4 is 10.6 Å². The second-order valence-electron chi connectivity index (χ2n) is 6.84. The van der Waals surface area contributed by atoms with Gasteiger partial charge in [-0.25, -0.2) is 8.42 Å². The second-order valence-corrected chi connectivity index (χ2v) is 8.78. The Kier molecular flexibility index (Phi) is 5.43. The van der Waals surface area contributed by atoms with Crippen LogP contribution in [0.15, 0.2) is 29.2 Å². The molecule has 1 aromatic carbocycles. The zero-order valence-electron chi connectivity index (χ0n) is 14.6. The first kappa shape index (κ1) is 18.3. The SMILES string of the molecule is CC1CN(S(=O)(=O)c2ccc(C(=O)NCC3CNC3)cc2)CC(C)O1. The molecular weight excluding hydrogens is 342 g/mol. The molecule has 0 aromatic heterocycles. The molecule has 2 fully saturated rings. The highest BCUT2D eigenvalue weighted by atomic mass is 32.2. The second kappa shape index (κ2) is 7.41. The summed E-state index contributed by atoms with van der Waals surface area (Å²) in [5.41, 5.74) is 0.468. The van der Waals surface area contributed by atoms with Crippen LogP contribution in [-0.2, 0) is 14.8 Å². The number of carbonyl (C=O) groups is 1. The molecule has 138 valence electrons. The molecule has 2 heterocycles. The zero-order chi connectivity index (χ0) is 18.0. The smallest absolute Gasteiger partial charge is 0.251 e. The van der Waals surface area contributed by atoms with E-state index >= 15 is 0 Å². The fourth-order valence-corrected chi connectivity index (χ4v) is 4.68. The van der Waals surface area contributed by atoms with E-state index in [1.165, 1.54) is 16.4 Å². The van der Waals surface area contributed by atoms with Crippen LogP contribution in [0.5, 0.6) is 0 Å². The predicted molar refractivity (Wildman–Crippen MR) is 93.9 cm³/mol. The monoisotopic (exact) mass is 367 g/mol. The summed E-state index contributed by atoms with van der Waals surface area (Å²) in [6.45, 7) is 6.89. The number of amides is 1. The van der Waals surface area contributed by atoms with E-state index in [0.29, 0.717) is 31.1 Å². The van der Waals surface area contributed by atoms with E-state index in [0.717, 1.165) is 13.1 Å². The van der Waals surface area contributed by atoms with Gasteiger partial charge in [-0.15, -0.1) is 0 Å². The van der Waals surface area contributed by atoms with E-state index in [4.69, 9.17) is 4.74 Å². The highest BCUT2D eigenvalue weighted by Crippen LogP contribution is 2.21. The summed E-state index contributed by atoms with van der Waals surface area (Å²) in [6, 6.07) is 6.13. The summed E-state index contributed by atoms with van der Waals surface area (Å²) in [7, 11) is -3.58. The zero-order valence-corrected chi connectivity index (χ0v) is 15.4. The van der Waals surface area contributed by atoms with Gasteiger partial charge in [-0.05, 0) is 38.1 Å². The molecule has 3 rings (SSSR count). The van der Waals surface area contributed by atoms with Crippen molar-refractivity contribution in [3.63, 3.8) is 0 Å². The Morgan fingerprint density at radius 3 is 2.32 bits per heavy atom. The Morgan fingerprint density at radius 1 is 1.20 bits per heavy atom. The number of nitrogens with one attached hydrogen (secondary N) is 2. The Balaban J connectivity index is 1.67. The van der Waals surface area contributed by atoms with E-state index in [1.807, 2.05) is 13.8 Å². The predicted octanol–water partition coefficient (Wildman–Crippen LogP) is 0.434. The van der Waals surface area contributed by atoms with Crippen LogP contribution in [0.25, 0.3) is 0 Å². The first-order chi connectivity index (χ1) is 11.9. The molecule has 8 heteroatoms. The highest BCUT2D eigenvalue weighted by Gasteiger charge is 2.32. The molecule has 0 radical (unpaired) electrons. The fourth-order valence-electron chi connectivity index (χ4n) is 3.09. The molecule has 0 bridgehead atoms. The minimum Gasteiger partial charge on any atom is -0.373 e. The van der Waals surface area contributed by atoms with Gasteiger partial charge in [-0.1, -0.05) is 0 Å². The van der Waals surface area contributed by atoms with Crippen LogP contribution >= 0.6 is 0 Å². The molecule has 2 aliphatic heterocycles. The van der Waals surface area contributed by atoms with Gasteiger partial charge in [-0.2, -0.15) is 4.31 Å². The Morgan fingerprint density at radius 2 is 1.80 bits per heavy atom. The molecule has 25 heavy (non-hydrogen) atoms. The van der Waals surface area contributed by atoms with Crippen molar-refractivity contribution in [1.82, 2.24) is 14.9 Å². The number of rotatable bonds is 5. The minimum absolute atomic E-state index is 0.135. The van der Waals surface area contributed by atoms with E-state index in [2.05, 4.69) is 10.6 Å². The van der Waals surface area contributed by atoms with Crippen LogP contribution in [0.3, 0.4) is 0 Å². The molecule has 7 nitrogen and oxygen atoms in total. The number of sulfonamides is 1. The van der Waals surface area contributed by atoms with Gasteiger partial charge in [0, 0.05) is 44.2 Å². The maximum atomic E-state index is 12.8. The quantitative estimate of drug-likeness (QED) is 0.788. The molecule has 2 saturated heterocycles. The lowest BCUT2D eigenvalue weighted by Crippen LogP contribution is -2.48. The molecular formula is C17H25N3O4S. The number of morpholine rings is 1. The van der Waals surface area contributed by atoms with Gasteiger partial charge in [0.1, 0.15) is 0 Å². The Hall–Kier alpha value is -1.48. The molecule has 0 aliphatic carbocycles. The molecule has 2 N–H and O–H groups in total. The van der Waals surface area contributed by atoms with Crippen LogP contribution in [0.2, 0.25) is 0 Å². The lowest BCUT2D eigenvalue weighted by atomic mass is 10.0. The summed E-state index contributed by atoms with van der Waals surface area (Å²) >= 11 is 0. The summed E-state index contributed by atoms with van der Waals surface area (Å²) in [5, 5.41) is 6.03. The van der Waals surface area contributed by atoms with Crippen molar-refractivity contribution in [2.75, 3.05) is 32.7 Å². The van der Waals surface area contributed by atoms with Gasteiger partial charge in [-0.3, -0.25) is 4.79 Å². The van der Waals surface area contributed by atoms with Crippen molar-refractivity contribution in [3.05, 3.63) is 29.8 Å². The van der Waals surface area contributed by atoms with Crippen molar-refractivity contribution in [2.24, 2.45) is 5.92 Å². The maximum absolute atomic E-state index is 12.8. The summed E-state index contributed by atoms with van der Waals surface area (Å²) in [4.78, 5) is 12.3. The van der Waals surface area contributed by atoms with Gasteiger partial charge < -0.3 is 15.4 Å². The molecule has 2 unspecified atom stereocenters. The topological polar surface area (TPSA) is 87.7 Å². The first-order valence-corrected chi connectivity index (χ1v) is 10.0. The summed E-state index contributed by atoms with van der Waals surface area (Å²) in [6.07, 6.45) is -0.269. The molecule has 2 atom stereocenters. The number of hydrogen-bond acceptors (Lipinski definition) is 5. The summed E-state index contributed by atoms with van der Waals surface area (Å²) < 4.78 is 32.6. The van der Waals surface area contributed by atoms with Crippen LogP contribution in [0, 0.1) is 5.92 Å². The van der Waals surface area contributed by atoms with Gasteiger partial charge in [0.2, 0.25) is 10.0 Å². The number of hydrogen-bond donors (Lipinski definition) is 2. The highest BCUT2D eigenvalue weighted by molar-refractivity contribution is 7.89. The van der Waals surface area contributed by atoms with E-state index in [9.17, 15) is 13.2 Å². The van der Waals surface area contributed by atoms with Crippen molar-refractivity contribution >= 4 is 15.9 Å². The van der Waals surface area contributed by atoms with E-state index in [-0.39, 0.29) is 23.0 Å². The average Bonchev–Trinajstić information content (AvgIpc) is 2.52. The Bertz CT molecular complexity index is 706. The molecule has 1 aromatic rings. The lowest BCUT2D eigenvalue weighted by Gasteiger charge is -2.34. The van der Waals surface area contributed by atoms with Crippen LogP contribution in [-0.4, -0.2) is 63.6 Å². The van der Waals surface area contributed by atoms with Gasteiger partial charge in [0.05, 0.1) is 17.1 Å². The van der Waals surface area contributed by atoms with Crippen molar-refractivity contribution in [1.29, 1.82) is 0 Å². The molecule has 0 saturated carbocycles.